The smallest absolute Gasteiger partial charge is 0.112 e. The lowest BCUT2D eigenvalue weighted by Gasteiger charge is -2.22. The van der Waals surface area contributed by atoms with Gasteiger partial charge in [0.2, 0.25) is 0 Å². The molecule has 0 aliphatic heterocycles. The molecule has 0 saturated carbocycles. The summed E-state index contributed by atoms with van der Waals surface area (Å²) >= 11 is 0. The zero-order valence-corrected chi connectivity index (χ0v) is 18.4. The normalized spacial score (nSPS) is 13.4. The lowest BCUT2D eigenvalue weighted by atomic mass is 10.0. The molecule has 154 valence electrons. The van der Waals surface area contributed by atoms with Gasteiger partial charge in [-0.05, 0) is 26.3 Å². The molecule has 0 fully saturated rings. The van der Waals surface area contributed by atoms with E-state index in [1.165, 1.54) is 103 Å². The van der Waals surface area contributed by atoms with Crippen molar-refractivity contribution in [2.24, 2.45) is 0 Å². The average molecular weight is 378 g/mol. The Kier molecular flexibility index (Phi) is 22.5. The topological polar surface area (TPSA) is 32.3 Å². The van der Waals surface area contributed by atoms with Crippen molar-refractivity contribution in [3.05, 3.63) is 0 Å². The number of unbranched alkanes of at least 4 members (excludes halogenated alkanes) is 15. The van der Waals surface area contributed by atoms with Crippen LogP contribution in [0.4, 0.5) is 0 Å². The van der Waals surface area contributed by atoms with E-state index >= 15 is 0 Å². The van der Waals surface area contributed by atoms with Crippen LogP contribution >= 0.6 is 12.4 Å². The molecule has 1 unspecified atom stereocenters. The zero-order chi connectivity index (χ0) is 17.9. The first-order valence-electron chi connectivity index (χ1n) is 11.1. The van der Waals surface area contributed by atoms with E-state index in [0.717, 1.165) is 13.0 Å². The molecule has 0 aromatic heterocycles. The van der Waals surface area contributed by atoms with E-state index in [1.807, 2.05) is 13.8 Å². The Bertz CT molecular complexity index is 246. The molecule has 0 radical (unpaired) electrons. The lowest BCUT2D eigenvalue weighted by Crippen LogP contribution is -2.41. The van der Waals surface area contributed by atoms with Gasteiger partial charge in [-0.3, -0.25) is 5.32 Å². The summed E-state index contributed by atoms with van der Waals surface area (Å²) < 4.78 is 0. The highest BCUT2D eigenvalue weighted by Gasteiger charge is 2.14. The van der Waals surface area contributed by atoms with Gasteiger partial charge in [-0.1, -0.05) is 110 Å². The second-order valence-corrected chi connectivity index (χ2v) is 7.86. The van der Waals surface area contributed by atoms with Crippen LogP contribution in [0.2, 0.25) is 0 Å². The minimum Gasteiger partial charge on any atom is -0.376 e. The van der Waals surface area contributed by atoms with E-state index in [-0.39, 0.29) is 12.4 Å². The molecule has 0 rings (SSSR count). The largest absolute Gasteiger partial charge is 0.376 e. The van der Waals surface area contributed by atoms with Gasteiger partial charge in [0.15, 0.2) is 0 Å². The quantitative estimate of drug-likeness (QED) is 0.182. The molecule has 0 aromatic carbocycles. The van der Waals surface area contributed by atoms with Gasteiger partial charge in [-0.15, -0.1) is 12.4 Å². The predicted molar refractivity (Wildman–Crippen MR) is 116 cm³/mol. The fourth-order valence-corrected chi connectivity index (χ4v) is 3.16. The Morgan fingerprint density at radius 3 is 1.24 bits per heavy atom. The van der Waals surface area contributed by atoms with Crippen molar-refractivity contribution in [1.82, 2.24) is 5.32 Å². The van der Waals surface area contributed by atoms with Gasteiger partial charge >= 0.3 is 0 Å². The molecule has 0 aliphatic carbocycles. The van der Waals surface area contributed by atoms with Crippen molar-refractivity contribution >= 4 is 12.4 Å². The predicted octanol–water partition coefficient (Wildman–Crippen LogP) is 7.38. The first-order valence-corrected chi connectivity index (χ1v) is 11.1. The molecule has 0 aliphatic rings. The van der Waals surface area contributed by atoms with Crippen molar-refractivity contribution in [1.29, 1.82) is 0 Å². The van der Waals surface area contributed by atoms with Gasteiger partial charge in [-0.25, -0.2) is 0 Å². The molecule has 0 heterocycles. The first-order chi connectivity index (χ1) is 11.6. The van der Waals surface area contributed by atoms with E-state index in [2.05, 4.69) is 12.2 Å². The van der Waals surface area contributed by atoms with Crippen molar-refractivity contribution in [2.75, 3.05) is 6.54 Å². The molecule has 2 nitrogen and oxygen atoms in total. The molecule has 3 heteroatoms. The maximum atomic E-state index is 9.84. The number of aliphatic hydroxyl groups is 1. The second kappa shape index (κ2) is 20.5. The SMILES string of the molecule is CCCCCCCCCCCCCCCCCCNC(C)(O)CC.Cl. The van der Waals surface area contributed by atoms with Crippen LogP contribution in [0, 0.1) is 0 Å². The summed E-state index contributed by atoms with van der Waals surface area (Å²) in [5, 5.41) is 13.1. The zero-order valence-electron chi connectivity index (χ0n) is 17.6. The van der Waals surface area contributed by atoms with Crippen LogP contribution in [0.25, 0.3) is 0 Å². The summed E-state index contributed by atoms with van der Waals surface area (Å²) in [5.74, 6) is 0. The Labute approximate surface area is 165 Å². The number of rotatable bonds is 19. The van der Waals surface area contributed by atoms with Crippen LogP contribution in [0.15, 0.2) is 0 Å². The first kappa shape index (κ1) is 27.4. The molecule has 25 heavy (non-hydrogen) atoms. The van der Waals surface area contributed by atoms with E-state index in [4.69, 9.17) is 0 Å². The third-order valence-corrected chi connectivity index (χ3v) is 5.22. The van der Waals surface area contributed by atoms with E-state index in [9.17, 15) is 5.11 Å². The Morgan fingerprint density at radius 1 is 0.600 bits per heavy atom. The minimum atomic E-state index is -0.671. The molecule has 2 N–H and O–H groups in total. The highest BCUT2D eigenvalue weighted by molar-refractivity contribution is 5.85. The molecular formula is C22H48ClNO. The van der Waals surface area contributed by atoms with Crippen LogP contribution in [0.1, 0.15) is 130 Å². The highest BCUT2D eigenvalue weighted by Crippen LogP contribution is 2.13. The lowest BCUT2D eigenvalue weighted by molar-refractivity contribution is 0.0203. The Balaban J connectivity index is 0. The van der Waals surface area contributed by atoms with E-state index in [0.29, 0.717) is 0 Å². The maximum absolute atomic E-state index is 9.84. The molecule has 0 saturated heterocycles. The summed E-state index contributed by atoms with van der Waals surface area (Å²) in [4.78, 5) is 0. The molecule has 0 bridgehead atoms. The van der Waals surface area contributed by atoms with E-state index < -0.39 is 5.72 Å². The summed E-state index contributed by atoms with van der Waals surface area (Å²) in [6.07, 6.45) is 23.3. The molecular weight excluding hydrogens is 330 g/mol. The van der Waals surface area contributed by atoms with Gasteiger partial charge in [0.05, 0.1) is 0 Å². The monoisotopic (exact) mass is 377 g/mol. The maximum Gasteiger partial charge on any atom is 0.112 e. The summed E-state index contributed by atoms with van der Waals surface area (Å²) in [7, 11) is 0. The molecule has 1 atom stereocenters. The highest BCUT2D eigenvalue weighted by atomic mass is 35.5. The van der Waals surface area contributed by atoms with Crippen molar-refractivity contribution in [2.45, 2.75) is 136 Å². The van der Waals surface area contributed by atoms with Crippen molar-refractivity contribution in [3.63, 3.8) is 0 Å². The number of hydrogen-bond acceptors (Lipinski definition) is 2. The standard InChI is InChI=1S/C22H47NO.ClH/c1-4-6-7-8-9-10-11-12-13-14-15-16-17-18-19-20-21-23-22(3,24)5-2;/h23-24H,4-21H2,1-3H3;1H. The van der Waals surface area contributed by atoms with Crippen LogP contribution in [-0.4, -0.2) is 17.4 Å². The number of hydrogen-bond donors (Lipinski definition) is 2. The van der Waals surface area contributed by atoms with Crippen LogP contribution in [-0.2, 0) is 0 Å². The molecule has 0 aromatic rings. The second-order valence-electron chi connectivity index (χ2n) is 7.86. The Morgan fingerprint density at radius 2 is 0.920 bits per heavy atom. The summed E-state index contributed by atoms with van der Waals surface area (Å²) in [6.45, 7) is 7.11. The van der Waals surface area contributed by atoms with Crippen LogP contribution < -0.4 is 5.32 Å². The van der Waals surface area contributed by atoms with Crippen molar-refractivity contribution < 1.29 is 5.11 Å². The molecule has 0 spiro atoms. The van der Waals surface area contributed by atoms with Crippen LogP contribution in [0.3, 0.4) is 0 Å². The average Bonchev–Trinajstić information content (AvgIpc) is 2.57. The van der Waals surface area contributed by atoms with Gasteiger partial charge in [0.25, 0.3) is 0 Å². The Hall–Kier alpha value is 0.210. The summed E-state index contributed by atoms with van der Waals surface area (Å²) in [6, 6.07) is 0. The third kappa shape index (κ3) is 22.2. The van der Waals surface area contributed by atoms with Gasteiger partial charge in [-0.2, -0.15) is 0 Å². The fourth-order valence-electron chi connectivity index (χ4n) is 3.16. The number of halogens is 1. The minimum absolute atomic E-state index is 0. The fraction of sp³-hybridized carbons (Fsp3) is 1.00. The third-order valence-electron chi connectivity index (χ3n) is 5.22. The summed E-state index contributed by atoms with van der Waals surface area (Å²) in [5.41, 5.74) is -0.671. The number of nitrogens with one attached hydrogen (secondary N) is 1. The van der Waals surface area contributed by atoms with Gasteiger partial charge in [0, 0.05) is 0 Å². The molecule has 0 amide bonds. The van der Waals surface area contributed by atoms with Crippen molar-refractivity contribution in [3.8, 4) is 0 Å². The van der Waals surface area contributed by atoms with Gasteiger partial charge < -0.3 is 5.11 Å². The van der Waals surface area contributed by atoms with Gasteiger partial charge in [0.1, 0.15) is 5.72 Å². The van der Waals surface area contributed by atoms with E-state index in [1.54, 1.807) is 0 Å². The van der Waals surface area contributed by atoms with Crippen LogP contribution in [0.5, 0.6) is 0 Å².